The first-order valence-electron chi connectivity index (χ1n) is 10.3. The maximum absolute atomic E-state index is 13.2. The first-order valence-corrected chi connectivity index (χ1v) is 11.1. The molecule has 4 aromatic rings. The van der Waals surface area contributed by atoms with Gasteiger partial charge in [0.1, 0.15) is 11.4 Å². The molecule has 0 aliphatic carbocycles. The summed E-state index contributed by atoms with van der Waals surface area (Å²) in [6.45, 7) is 2.67. The molecule has 7 heteroatoms. The van der Waals surface area contributed by atoms with Gasteiger partial charge >= 0.3 is 0 Å². The van der Waals surface area contributed by atoms with Gasteiger partial charge in [-0.25, -0.2) is 4.98 Å². The summed E-state index contributed by atoms with van der Waals surface area (Å²) in [5.74, 6) is 0.913. The van der Waals surface area contributed by atoms with Crippen LogP contribution in [0.25, 0.3) is 10.2 Å². The van der Waals surface area contributed by atoms with E-state index in [1.165, 1.54) is 11.3 Å². The Bertz CT molecular complexity index is 1170. The van der Waals surface area contributed by atoms with Crippen LogP contribution in [0.5, 0.6) is 5.88 Å². The van der Waals surface area contributed by atoms with E-state index in [0.29, 0.717) is 28.0 Å². The van der Waals surface area contributed by atoms with Gasteiger partial charge in [-0.1, -0.05) is 60.7 Å². The highest BCUT2D eigenvalue weighted by atomic mass is 32.1. The molecule has 0 spiro atoms. The second kappa shape index (κ2) is 9.89. The maximum atomic E-state index is 13.2. The monoisotopic (exact) mass is 447 g/mol. The van der Waals surface area contributed by atoms with Crippen molar-refractivity contribution in [1.29, 1.82) is 0 Å². The highest BCUT2D eigenvalue weighted by molar-refractivity contribution is 7.20. The van der Waals surface area contributed by atoms with Crippen LogP contribution in [0.15, 0.2) is 60.7 Å². The van der Waals surface area contributed by atoms with Crippen molar-refractivity contribution in [3.63, 3.8) is 0 Å². The van der Waals surface area contributed by atoms with Crippen molar-refractivity contribution in [1.82, 2.24) is 15.3 Å². The average molecular weight is 448 g/mol. The fourth-order valence-electron chi connectivity index (χ4n) is 3.78. The minimum absolute atomic E-state index is 0.0543. The van der Waals surface area contributed by atoms with E-state index in [4.69, 9.17) is 9.47 Å². The number of nitrogens with zero attached hydrogens (tertiary/aromatic N) is 2. The topological polar surface area (TPSA) is 73.3 Å². The number of ether oxygens (including phenoxy) is 2. The van der Waals surface area contributed by atoms with Crippen LogP contribution in [0.2, 0.25) is 0 Å². The van der Waals surface area contributed by atoms with Crippen molar-refractivity contribution in [3.05, 3.63) is 88.1 Å². The number of carbonyl (C=O) groups is 1. The second-order valence-electron chi connectivity index (χ2n) is 7.40. The Hall–Kier alpha value is -3.29. The molecule has 1 N–H and O–H groups in total. The van der Waals surface area contributed by atoms with Crippen molar-refractivity contribution in [3.8, 4) is 5.88 Å². The van der Waals surface area contributed by atoms with Crippen LogP contribution in [-0.4, -0.2) is 36.6 Å². The number of methoxy groups -OCH3 is 2. The summed E-state index contributed by atoms with van der Waals surface area (Å²) < 4.78 is 10.6. The van der Waals surface area contributed by atoms with Crippen molar-refractivity contribution in [2.45, 2.75) is 19.4 Å². The molecule has 0 radical (unpaired) electrons. The van der Waals surface area contributed by atoms with Gasteiger partial charge in [-0.2, -0.15) is 4.98 Å². The van der Waals surface area contributed by atoms with Crippen molar-refractivity contribution >= 4 is 27.5 Å². The summed E-state index contributed by atoms with van der Waals surface area (Å²) in [6.07, 6.45) is 0. The Morgan fingerprint density at radius 1 is 1.00 bits per heavy atom. The van der Waals surface area contributed by atoms with Crippen molar-refractivity contribution in [2.75, 3.05) is 20.8 Å². The molecule has 6 nitrogen and oxygen atoms in total. The van der Waals surface area contributed by atoms with Crippen LogP contribution in [0, 0.1) is 6.92 Å². The molecule has 1 amide bonds. The first-order chi connectivity index (χ1) is 15.6. The Morgan fingerprint density at radius 3 is 2.19 bits per heavy atom. The van der Waals surface area contributed by atoms with Gasteiger partial charge in [-0.05, 0) is 23.6 Å². The summed E-state index contributed by atoms with van der Waals surface area (Å²) in [7, 11) is 3.16. The number of thiophene rings is 1. The molecule has 2 aromatic heterocycles. The molecule has 0 saturated heterocycles. The molecule has 2 aromatic carbocycles. The van der Waals surface area contributed by atoms with E-state index in [1.807, 2.05) is 43.3 Å². The quantitative estimate of drug-likeness (QED) is 0.423. The van der Waals surface area contributed by atoms with E-state index in [9.17, 15) is 4.79 Å². The van der Waals surface area contributed by atoms with Crippen LogP contribution in [0.4, 0.5) is 0 Å². The normalized spacial score (nSPS) is 11.1. The number of benzene rings is 2. The fourth-order valence-corrected chi connectivity index (χ4v) is 4.88. The van der Waals surface area contributed by atoms with E-state index >= 15 is 0 Å². The standard InChI is InChI=1S/C25H25N3O3S/c1-16-21-24(31-3)27-20(15-30-2)28-25(21)32-22(16)23(29)26-14-19(17-10-6-4-7-11-17)18-12-8-5-9-13-18/h4-13,19H,14-15H2,1-3H3,(H,26,29). The first kappa shape index (κ1) is 21.9. The number of amides is 1. The van der Waals surface area contributed by atoms with E-state index in [1.54, 1.807) is 14.2 Å². The number of fused-ring (bicyclic) bond motifs is 1. The van der Waals surface area contributed by atoms with Crippen molar-refractivity contribution in [2.24, 2.45) is 0 Å². The molecule has 0 saturated carbocycles. The van der Waals surface area contributed by atoms with Gasteiger partial charge in [0.05, 0.1) is 17.4 Å². The van der Waals surface area contributed by atoms with Crippen LogP contribution in [0.3, 0.4) is 0 Å². The predicted molar refractivity (Wildman–Crippen MR) is 126 cm³/mol. The van der Waals surface area contributed by atoms with E-state index in [-0.39, 0.29) is 18.4 Å². The molecule has 164 valence electrons. The number of hydrogen-bond acceptors (Lipinski definition) is 6. The zero-order valence-electron chi connectivity index (χ0n) is 18.3. The highest BCUT2D eigenvalue weighted by Crippen LogP contribution is 2.35. The van der Waals surface area contributed by atoms with Crippen molar-refractivity contribution < 1.29 is 14.3 Å². The Balaban J connectivity index is 1.62. The number of aromatic nitrogens is 2. The third-order valence-corrected chi connectivity index (χ3v) is 6.53. The lowest BCUT2D eigenvalue weighted by atomic mass is 9.91. The van der Waals surface area contributed by atoms with Crippen LogP contribution < -0.4 is 10.1 Å². The number of rotatable bonds is 8. The number of carbonyl (C=O) groups excluding carboxylic acids is 1. The summed E-state index contributed by atoms with van der Waals surface area (Å²) in [5.41, 5.74) is 3.13. The summed E-state index contributed by atoms with van der Waals surface area (Å²) in [4.78, 5) is 23.5. The molecule has 0 aliphatic rings. The molecule has 4 rings (SSSR count). The zero-order chi connectivity index (χ0) is 22.5. The number of hydrogen-bond donors (Lipinski definition) is 1. The molecular weight excluding hydrogens is 422 g/mol. The lowest BCUT2D eigenvalue weighted by Crippen LogP contribution is -2.28. The van der Waals surface area contributed by atoms with Crippen LogP contribution in [0.1, 0.15) is 38.1 Å². The van der Waals surface area contributed by atoms with E-state index in [0.717, 1.165) is 22.1 Å². The largest absolute Gasteiger partial charge is 0.480 e. The van der Waals surface area contributed by atoms with Gasteiger partial charge < -0.3 is 14.8 Å². The minimum atomic E-state index is -0.127. The van der Waals surface area contributed by atoms with Gasteiger partial charge in [0.2, 0.25) is 5.88 Å². The summed E-state index contributed by atoms with van der Waals surface area (Å²) >= 11 is 1.35. The second-order valence-corrected chi connectivity index (χ2v) is 8.40. The maximum Gasteiger partial charge on any atom is 0.261 e. The molecule has 0 aliphatic heterocycles. The average Bonchev–Trinajstić information content (AvgIpc) is 3.16. The van der Waals surface area contributed by atoms with Gasteiger partial charge in [-0.3, -0.25) is 4.79 Å². The summed E-state index contributed by atoms with van der Waals surface area (Å²) in [6, 6.07) is 20.4. The fraction of sp³-hybridized carbons (Fsp3) is 0.240. The van der Waals surface area contributed by atoms with Gasteiger partial charge in [-0.15, -0.1) is 11.3 Å². The minimum Gasteiger partial charge on any atom is -0.480 e. The Kier molecular flexibility index (Phi) is 6.78. The van der Waals surface area contributed by atoms with Gasteiger partial charge in [0, 0.05) is 19.6 Å². The highest BCUT2D eigenvalue weighted by Gasteiger charge is 2.22. The lowest BCUT2D eigenvalue weighted by Gasteiger charge is -2.18. The molecule has 0 unspecified atom stereocenters. The smallest absolute Gasteiger partial charge is 0.261 e. The Morgan fingerprint density at radius 2 is 1.62 bits per heavy atom. The zero-order valence-corrected chi connectivity index (χ0v) is 19.1. The van der Waals surface area contributed by atoms with Crippen LogP contribution in [-0.2, 0) is 11.3 Å². The molecule has 0 bridgehead atoms. The van der Waals surface area contributed by atoms with Crippen LogP contribution >= 0.6 is 11.3 Å². The van der Waals surface area contributed by atoms with Gasteiger partial charge in [0.15, 0.2) is 5.82 Å². The Labute approximate surface area is 191 Å². The molecule has 32 heavy (non-hydrogen) atoms. The molecule has 0 fully saturated rings. The molecule has 0 atom stereocenters. The third kappa shape index (κ3) is 4.49. The number of nitrogens with one attached hydrogen (secondary N) is 1. The van der Waals surface area contributed by atoms with E-state index in [2.05, 4.69) is 39.6 Å². The van der Waals surface area contributed by atoms with Gasteiger partial charge in [0.25, 0.3) is 5.91 Å². The van der Waals surface area contributed by atoms with E-state index < -0.39 is 0 Å². The molecular formula is C25H25N3O3S. The number of aryl methyl sites for hydroxylation is 1. The predicted octanol–water partition coefficient (Wildman–Crippen LogP) is 4.72. The molecule has 2 heterocycles. The third-order valence-electron chi connectivity index (χ3n) is 5.35. The summed E-state index contributed by atoms with van der Waals surface area (Å²) in [5, 5.41) is 3.90. The SMILES string of the molecule is COCc1nc(OC)c2c(C)c(C(=O)NCC(c3ccccc3)c3ccccc3)sc2n1. The lowest BCUT2D eigenvalue weighted by molar-refractivity contribution is 0.0956.